The van der Waals surface area contributed by atoms with Crippen molar-refractivity contribution in [3.05, 3.63) is 41.5 Å². The highest BCUT2D eigenvalue weighted by Gasteiger charge is 2.04. The van der Waals surface area contributed by atoms with Crippen LogP contribution < -0.4 is 4.74 Å². The van der Waals surface area contributed by atoms with Gasteiger partial charge in [0, 0.05) is 5.39 Å². The number of rotatable bonds is 6. The predicted molar refractivity (Wildman–Crippen MR) is 83.1 cm³/mol. The van der Waals surface area contributed by atoms with E-state index in [0.717, 1.165) is 18.8 Å². The fraction of sp³-hybridized carbons (Fsp3) is 0.444. The molecule has 1 nitrogen and oxygen atoms in total. The van der Waals surface area contributed by atoms with Crippen molar-refractivity contribution in [3.63, 3.8) is 0 Å². The third-order valence-electron chi connectivity index (χ3n) is 3.56. The maximum atomic E-state index is 5.98. The van der Waals surface area contributed by atoms with E-state index in [1.807, 2.05) is 0 Å². The van der Waals surface area contributed by atoms with Crippen molar-refractivity contribution in [2.45, 2.75) is 46.5 Å². The Morgan fingerprint density at radius 3 is 2.58 bits per heavy atom. The number of benzene rings is 2. The van der Waals surface area contributed by atoms with Gasteiger partial charge in [-0.2, -0.15) is 0 Å². The van der Waals surface area contributed by atoms with Gasteiger partial charge in [0.15, 0.2) is 0 Å². The summed E-state index contributed by atoms with van der Waals surface area (Å²) in [6.07, 6.45) is 4.98. The molecule has 0 aromatic heterocycles. The summed E-state index contributed by atoms with van der Waals surface area (Å²) in [5, 5.41) is 2.55. The molecule has 0 saturated heterocycles. The molecule has 0 spiro atoms. The van der Waals surface area contributed by atoms with Gasteiger partial charge in [-0.1, -0.05) is 49.9 Å². The van der Waals surface area contributed by atoms with E-state index in [1.165, 1.54) is 41.2 Å². The summed E-state index contributed by atoms with van der Waals surface area (Å²) in [6.45, 7) is 7.37. The maximum absolute atomic E-state index is 5.98. The quantitative estimate of drug-likeness (QED) is 0.627. The maximum Gasteiger partial charge on any atom is 0.127 e. The second kappa shape index (κ2) is 6.60. The Kier molecular flexibility index (Phi) is 4.84. The number of unbranched alkanes of at least 4 members (excludes halogenated alkanes) is 3. The standard InChI is InChI=1S/C18H24O/c1-4-5-6-7-11-19-18-10-8-9-16-15(3)12-14(2)13-17(16)18/h8-10,12-13H,4-7,11H2,1-3H3. The third kappa shape index (κ3) is 3.50. The normalized spacial score (nSPS) is 10.9. The molecule has 0 amide bonds. The summed E-state index contributed by atoms with van der Waals surface area (Å²) in [7, 11) is 0. The number of hydrogen-bond acceptors (Lipinski definition) is 1. The van der Waals surface area contributed by atoms with Gasteiger partial charge in [0.1, 0.15) is 5.75 Å². The molecule has 2 rings (SSSR count). The van der Waals surface area contributed by atoms with Gasteiger partial charge >= 0.3 is 0 Å². The van der Waals surface area contributed by atoms with Crippen LogP contribution in [-0.4, -0.2) is 6.61 Å². The van der Waals surface area contributed by atoms with Gasteiger partial charge in [0.25, 0.3) is 0 Å². The summed E-state index contributed by atoms with van der Waals surface area (Å²) in [4.78, 5) is 0. The van der Waals surface area contributed by atoms with Crippen LogP contribution in [0.2, 0.25) is 0 Å². The Morgan fingerprint density at radius 2 is 1.79 bits per heavy atom. The highest BCUT2D eigenvalue weighted by Crippen LogP contribution is 2.29. The van der Waals surface area contributed by atoms with E-state index >= 15 is 0 Å². The molecular weight excluding hydrogens is 232 g/mol. The Bertz CT molecular complexity index is 543. The van der Waals surface area contributed by atoms with Crippen LogP contribution in [0.1, 0.15) is 43.7 Å². The van der Waals surface area contributed by atoms with Crippen molar-refractivity contribution in [1.82, 2.24) is 0 Å². The van der Waals surface area contributed by atoms with Gasteiger partial charge in [-0.3, -0.25) is 0 Å². The molecule has 0 radical (unpaired) electrons. The van der Waals surface area contributed by atoms with Crippen molar-refractivity contribution in [2.24, 2.45) is 0 Å². The minimum atomic E-state index is 0.825. The van der Waals surface area contributed by atoms with Crippen LogP contribution in [0.5, 0.6) is 5.75 Å². The van der Waals surface area contributed by atoms with Crippen LogP contribution in [0.4, 0.5) is 0 Å². The lowest BCUT2D eigenvalue weighted by Gasteiger charge is -2.11. The van der Waals surface area contributed by atoms with Crippen LogP contribution in [0.15, 0.2) is 30.3 Å². The van der Waals surface area contributed by atoms with Crippen LogP contribution >= 0.6 is 0 Å². The summed E-state index contributed by atoms with van der Waals surface area (Å²) < 4.78 is 5.98. The topological polar surface area (TPSA) is 9.23 Å². The Hall–Kier alpha value is -1.50. The zero-order valence-electron chi connectivity index (χ0n) is 12.3. The van der Waals surface area contributed by atoms with E-state index in [9.17, 15) is 0 Å². The lowest BCUT2D eigenvalue weighted by Crippen LogP contribution is -1.98. The molecule has 0 N–H and O–H groups in total. The van der Waals surface area contributed by atoms with Gasteiger partial charge in [-0.05, 0) is 43.4 Å². The minimum absolute atomic E-state index is 0.825. The second-order valence-electron chi connectivity index (χ2n) is 5.34. The molecule has 1 heteroatoms. The SMILES string of the molecule is CCCCCCOc1cccc2c(C)cc(C)cc12. The molecule has 0 unspecified atom stereocenters. The summed E-state index contributed by atoms with van der Waals surface area (Å²) in [6, 6.07) is 10.8. The van der Waals surface area contributed by atoms with E-state index in [4.69, 9.17) is 4.74 Å². The van der Waals surface area contributed by atoms with Gasteiger partial charge in [0.05, 0.1) is 6.61 Å². The van der Waals surface area contributed by atoms with Crippen LogP contribution in [0.3, 0.4) is 0 Å². The monoisotopic (exact) mass is 256 g/mol. The molecule has 0 aliphatic rings. The largest absolute Gasteiger partial charge is 0.493 e. The fourth-order valence-electron chi connectivity index (χ4n) is 2.56. The average molecular weight is 256 g/mol. The van der Waals surface area contributed by atoms with Crippen LogP contribution in [0.25, 0.3) is 10.8 Å². The molecule has 0 aliphatic heterocycles. The van der Waals surface area contributed by atoms with Crippen LogP contribution in [0, 0.1) is 13.8 Å². The number of fused-ring (bicyclic) bond motifs is 1. The molecule has 0 aliphatic carbocycles. The first-order chi connectivity index (χ1) is 9.22. The molecule has 2 aromatic rings. The van der Waals surface area contributed by atoms with E-state index in [2.05, 4.69) is 51.1 Å². The lowest BCUT2D eigenvalue weighted by atomic mass is 10.0. The first-order valence-corrected chi connectivity index (χ1v) is 7.35. The number of ether oxygens (including phenoxy) is 1. The summed E-state index contributed by atoms with van der Waals surface area (Å²) in [5.74, 6) is 1.03. The average Bonchev–Trinajstić information content (AvgIpc) is 2.39. The molecule has 0 atom stereocenters. The smallest absolute Gasteiger partial charge is 0.127 e. The molecular formula is C18H24O. The zero-order chi connectivity index (χ0) is 13.7. The molecule has 0 heterocycles. The van der Waals surface area contributed by atoms with Crippen molar-refractivity contribution in [3.8, 4) is 5.75 Å². The van der Waals surface area contributed by atoms with E-state index in [-0.39, 0.29) is 0 Å². The van der Waals surface area contributed by atoms with Gasteiger partial charge in [-0.25, -0.2) is 0 Å². The van der Waals surface area contributed by atoms with Gasteiger partial charge in [-0.15, -0.1) is 0 Å². The van der Waals surface area contributed by atoms with E-state index < -0.39 is 0 Å². The van der Waals surface area contributed by atoms with Crippen molar-refractivity contribution in [2.75, 3.05) is 6.61 Å². The second-order valence-corrected chi connectivity index (χ2v) is 5.34. The highest BCUT2D eigenvalue weighted by atomic mass is 16.5. The summed E-state index contributed by atoms with van der Waals surface area (Å²) in [5.41, 5.74) is 2.62. The Morgan fingerprint density at radius 1 is 0.947 bits per heavy atom. The van der Waals surface area contributed by atoms with Crippen molar-refractivity contribution in [1.29, 1.82) is 0 Å². The van der Waals surface area contributed by atoms with E-state index in [0.29, 0.717) is 0 Å². The van der Waals surface area contributed by atoms with Gasteiger partial charge < -0.3 is 4.74 Å². The number of aryl methyl sites for hydroxylation is 2. The highest BCUT2D eigenvalue weighted by molar-refractivity contribution is 5.91. The van der Waals surface area contributed by atoms with Crippen LogP contribution in [-0.2, 0) is 0 Å². The molecule has 19 heavy (non-hydrogen) atoms. The first kappa shape index (κ1) is 13.9. The third-order valence-corrected chi connectivity index (χ3v) is 3.56. The molecule has 102 valence electrons. The Labute approximate surface area is 116 Å². The fourth-order valence-corrected chi connectivity index (χ4v) is 2.56. The first-order valence-electron chi connectivity index (χ1n) is 7.35. The lowest BCUT2D eigenvalue weighted by molar-refractivity contribution is 0.308. The summed E-state index contributed by atoms with van der Waals surface area (Å²) >= 11 is 0. The predicted octanol–water partition coefficient (Wildman–Crippen LogP) is 5.42. The zero-order valence-corrected chi connectivity index (χ0v) is 12.3. The molecule has 0 fully saturated rings. The minimum Gasteiger partial charge on any atom is -0.493 e. The van der Waals surface area contributed by atoms with Crippen molar-refractivity contribution >= 4 is 10.8 Å². The number of hydrogen-bond donors (Lipinski definition) is 0. The Balaban J connectivity index is 2.14. The van der Waals surface area contributed by atoms with Gasteiger partial charge in [0.2, 0.25) is 0 Å². The van der Waals surface area contributed by atoms with E-state index in [1.54, 1.807) is 0 Å². The van der Waals surface area contributed by atoms with Crippen molar-refractivity contribution < 1.29 is 4.74 Å². The molecule has 0 bridgehead atoms. The molecule has 2 aromatic carbocycles. The molecule has 0 saturated carbocycles.